The zero-order chi connectivity index (χ0) is 17.4. The van der Waals surface area contributed by atoms with Gasteiger partial charge in [0, 0.05) is 0 Å². The summed E-state index contributed by atoms with van der Waals surface area (Å²) in [6.45, 7) is 1.91. The van der Waals surface area contributed by atoms with Crippen LogP contribution < -0.4 is 4.74 Å². The van der Waals surface area contributed by atoms with Crippen LogP contribution in [0.25, 0.3) is 0 Å². The van der Waals surface area contributed by atoms with Crippen LogP contribution in [0.4, 0.5) is 4.39 Å². The van der Waals surface area contributed by atoms with Crippen molar-refractivity contribution in [3.63, 3.8) is 0 Å². The largest absolute Gasteiger partial charge is 0.457 e. The fourth-order valence-electron chi connectivity index (χ4n) is 2.18. The number of benzene rings is 2. The maximum atomic E-state index is 13.4. The van der Waals surface area contributed by atoms with Crippen molar-refractivity contribution in [2.24, 2.45) is 0 Å². The van der Waals surface area contributed by atoms with Gasteiger partial charge in [-0.3, -0.25) is 9.59 Å². The Hall–Kier alpha value is -2.69. The molecule has 0 aliphatic carbocycles. The molecule has 0 aromatic heterocycles. The highest BCUT2D eigenvalue weighted by atomic mass is 19.1. The van der Waals surface area contributed by atoms with Crippen molar-refractivity contribution < 1.29 is 23.5 Å². The van der Waals surface area contributed by atoms with Gasteiger partial charge >= 0.3 is 11.9 Å². The Morgan fingerprint density at radius 3 is 2.25 bits per heavy atom. The number of rotatable bonds is 7. The molecule has 2 aromatic rings. The molecule has 0 radical (unpaired) electrons. The number of ether oxygens (including phenoxy) is 2. The second-order valence-electron chi connectivity index (χ2n) is 5.20. The molecule has 24 heavy (non-hydrogen) atoms. The smallest absolute Gasteiger partial charge is 0.311 e. The highest BCUT2D eigenvalue weighted by Gasteiger charge is 2.17. The van der Waals surface area contributed by atoms with Crippen LogP contribution in [0.1, 0.15) is 37.9 Å². The molecule has 0 heterocycles. The SMILES string of the molecule is CCC(OC(=O)CCC(=O)Oc1ccccc1F)c1ccccc1. The summed E-state index contributed by atoms with van der Waals surface area (Å²) < 4.78 is 23.7. The molecule has 4 nitrogen and oxygen atoms in total. The normalized spacial score (nSPS) is 11.6. The van der Waals surface area contributed by atoms with Crippen LogP contribution in [-0.2, 0) is 14.3 Å². The van der Waals surface area contributed by atoms with E-state index in [1.54, 1.807) is 6.07 Å². The number of para-hydroxylation sites is 1. The number of esters is 2. The molecule has 1 unspecified atom stereocenters. The molecule has 0 spiro atoms. The third kappa shape index (κ3) is 5.19. The van der Waals surface area contributed by atoms with Crippen LogP contribution in [0, 0.1) is 5.82 Å². The molecule has 0 bridgehead atoms. The number of carbonyl (C=O) groups excluding carboxylic acids is 2. The molecule has 0 aliphatic heterocycles. The Balaban J connectivity index is 1.82. The van der Waals surface area contributed by atoms with Gasteiger partial charge in [0.25, 0.3) is 0 Å². The monoisotopic (exact) mass is 330 g/mol. The Bertz CT molecular complexity index is 685. The molecule has 5 heteroatoms. The minimum absolute atomic E-state index is 0.114. The van der Waals surface area contributed by atoms with Crippen molar-refractivity contribution >= 4 is 11.9 Å². The topological polar surface area (TPSA) is 52.6 Å². The number of hydrogen-bond donors (Lipinski definition) is 0. The Kier molecular flexibility index (Phi) is 6.49. The quantitative estimate of drug-likeness (QED) is 0.564. The third-order valence-electron chi connectivity index (χ3n) is 3.41. The lowest BCUT2D eigenvalue weighted by Gasteiger charge is -2.16. The number of hydrogen-bond acceptors (Lipinski definition) is 4. The molecule has 0 amide bonds. The van der Waals surface area contributed by atoms with Gasteiger partial charge in [-0.25, -0.2) is 4.39 Å². The van der Waals surface area contributed by atoms with Gasteiger partial charge in [-0.05, 0) is 24.1 Å². The van der Waals surface area contributed by atoms with Crippen molar-refractivity contribution in [3.05, 3.63) is 66.0 Å². The summed E-state index contributed by atoms with van der Waals surface area (Å²) in [6, 6.07) is 15.0. The minimum atomic E-state index is -0.676. The van der Waals surface area contributed by atoms with E-state index in [0.717, 1.165) is 5.56 Å². The summed E-state index contributed by atoms with van der Waals surface area (Å²) in [5.41, 5.74) is 0.905. The molecule has 0 N–H and O–H groups in total. The lowest BCUT2D eigenvalue weighted by molar-refractivity contribution is -0.152. The molecule has 2 aromatic carbocycles. The average molecular weight is 330 g/mol. The average Bonchev–Trinajstić information content (AvgIpc) is 2.60. The zero-order valence-corrected chi connectivity index (χ0v) is 13.4. The maximum Gasteiger partial charge on any atom is 0.311 e. The first kappa shape index (κ1) is 17.7. The molecule has 0 fully saturated rings. The van der Waals surface area contributed by atoms with Gasteiger partial charge in [-0.15, -0.1) is 0 Å². The van der Waals surface area contributed by atoms with E-state index in [-0.39, 0.29) is 24.7 Å². The van der Waals surface area contributed by atoms with Crippen molar-refractivity contribution in [1.29, 1.82) is 0 Å². The standard InChI is InChI=1S/C19H19FO4/c1-2-16(14-8-4-3-5-9-14)23-18(21)12-13-19(22)24-17-11-7-6-10-15(17)20/h3-11,16H,2,12-13H2,1H3. The van der Waals surface area contributed by atoms with E-state index in [4.69, 9.17) is 9.47 Å². The molecular weight excluding hydrogens is 311 g/mol. The molecular formula is C19H19FO4. The van der Waals surface area contributed by atoms with E-state index in [2.05, 4.69) is 0 Å². The van der Waals surface area contributed by atoms with Crippen molar-refractivity contribution in [1.82, 2.24) is 0 Å². The van der Waals surface area contributed by atoms with Gasteiger partial charge in [0.05, 0.1) is 12.8 Å². The van der Waals surface area contributed by atoms with Crippen molar-refractivity contribution in [2.45, 2.75) is 32.3 Å². The lowest BCUT2D eigenvalue weighted by Crippen LogP contribution is -2.15. The van der Waals surface area contributed by atoms with Gasteiger partial charge in [0.2, 0.25) is 0 Å². The summed E-state index contributed by atoms with van der Waals surface area (Å²) in [6.07, 6.45) is 0.00560. The predicted octanol–water partition coefficient (Wildman–Crippen LogP) is 4.21. The van der Waals surface area contributed by atoms with Crippen LogP contribution in [0.3, 0.4) is 0 Å². The van der Waals surface area contributed by atoms with Crippen molar-refractivity contribution in [3.8, 4) is 5.75 Å². The van der Waals surface area contributed by atoms with Gasteiger partial charge in [0.15, 0.2) is 11.6 Å². The van der Waals surface area contributed by atoms with Gasteiger partial charge in [0.1, 0.15) is 6.10 Å². The van der Waals surface area contributed by atoms with Crippen LogP contribution in [0.2, 0.25) is 0 Å². The van der Waals surface area contributed by atoms with Crippen LogP contribution in [-0.4, -0.2) is 11.9 Å². The van der Waals surface area contributed by atoms with Crippen LogP contribution >= 0.6 is 0 Å². The first-order valence-corrected chi connectivity index (χ1v) is 7.79. The van der Waals surface area contributed by atoms with Gasteiger partial charge in [-0.2, -0.15) is 0 Å². The van der Waals surface area contributed by atoms with E-state index >= 15 is 0 Å². The fraction of sp³-hybridized carbons (Fsp3) is 0.263. The molecule has 0 saturated carbocycles. The third-order valence-corrected chi connectivity index (χ3v) is 3.41. The lowest BCUT2D eigenvalue weighted by atomic mass is 10.1. The fourth-order valence-corrected chi connectivity index (χ4v) is 2.18. The molecule has 0 aliphatic rings. The Labute approximate surface area is 140 Å². The van der Waals surface area contributed by atoms with E-state index in [0.29, 0.717) is 6.42 Å². The summed E-state index contributed by atoms with van der Waals surface area (Å²) in [7, 11) is 0. The Morgan fingerprint density at radius 2 is 1.58 bits per heavy atom. The minimum Gasteiger partial charge on any atom is -0.457 e. The zero-order valence-electron chi connectivity index (χ0n) is 13.4. The summed E-state index contributed by atoms with van der Waals surface area (Å²) in [5, 5.41) is 0. The molecule has 126 valence electrons. The first-order valence-electron chi connectivity index (χ1n) is 7.79. The Morgan fingerprint density at radius 1 is 0.958 bits per heavy atom. The van der Waals surface area contributed by atoms with Gasteiger partial charge in [-0.1, -0.05) is 49.4 Å². The first-order chi connectivity index (χ1) is 11.6. The highest BCUT2D eigenvalue weighted by Crippen LogP contribution is 2.21. The van der Waals surface area contributed by atoms with Crippen molar-refractivity contribution in [2.75, 3.05) is 0 Å². The summed E-state index contributed by atoms with van der Waals surface area (Å²) in [4.78, 5) is 23.6. The molecule has 0 saturated heterocycles. The number of halogens is 1. The predicted molar refractivity (Wildman–Crippen MR) is 86.8 cm³/mol. The second-order valence-corrected chi connectivity index (χ2v) is 5.20. The summed E-state index contributed by atoms with van der Waals surface area (Å²) in [5.74, 6) is -1.93. The molecule has 2 rings (SSSR count). The van der Waals surface area contributed by atoms with E-state index < -0.39 is 17.8 Å². The van der Waals surface area contributed by atoms with Gasteiger partial charge < -0.3 is 9.47 Å². The second kappa shape index (κ2) is 8.82. The van der Waals surface area contributed by atoms with E-state index in [1.165, 1.54) is 18.2 Å². The highest BCUT2D eigenvalue weighted by molar-refractivity contribution is 5.79. The number of carbonyl (C=O) groups is 2. The molecule has 1 atom stereocenters. The van der Waals surface area contributed by atoms with Crippen LogP contribution in [0.5, 0.6) is 5.75 Å². The maximum absolute atomic E-state index is 13.4. The summed E-state index contributed by atoms with van der Waals surface area (Å²) >= 11 is 0. The van der Waals surface area contributed by atoms with E-state index in [1.807, 2.05) is 37.3 Å². The van der Waals surface area contributed by atoms with E-state index in [9.17, 15) is 14.0 Å². The van der Waals surface area contributed by atoms with Crippen LogP contribution in [0.15, 0.2) is 54.6 Å².